The maximum Gasteiger partial charge on any atom is 0.255 e. The van der Waals surface area contributed by atoms with Crippen molar-refractivity contribution in [3.63, 3.8) is 0 Å². The van der Waals surface area contributed by atoms with Crippen molar-refractivity contribution in [1.82, 2.24) is 30.5 Å². The van der Waals surface area contributed by atoms with Gasteiger partial charge in [-0.05, 0) is 28.6 Å². The van der Waals surface area contributed by atoms with Gasteiger partial charge in [-0.1, -0.05) is 17.7 Å². The molecule has 0 saturated heterocycles. The molecule has 0 bridgehead atoms. The summed E-state index contributed by atoms with van der Waals surface area (Å²) in [6.07, 6.45) is 3.76. The Balaban J connectivity index is 1.74. The second kappa shape index (κ2) is 7.71. The maximum absolute atomic E-state index is 12.4. The molecule has 0 aliphatic heterocycles. The molecular weight excluding hydrogens is 344 g/mol. The molecule has 0 atom stereocenters. The molecule has 0 unspecified atom stereocenters. The second-order valence-electron chi connectivity index (χ2n) is 5.09. The van der Waals surface area contributed by atoms with Crippen LogP contribution in [0, 0.1) is 0 Å². The van der Waals surface area contributed by atoms with Crippen molar-refractivity contribution in [1.29, 1.82) is 0 Å². The van der Waals surface area contributed by atoms with Crippen LogP contribution in [0.5, 0.6) is 5.75 Å². The Morgan fingerprint density at radius 3 is 2.92 bits per heavy atom. The molecule has 25 heavy (non-hydrogen) atoms. The molecule has 0 fully saturated rings. The van der Waals surface area contributed by atoms with E-state index in [1.54, 1.807) is 12.3 Å². The van der Waals surface area contributed by atoms with E-state index < -0.39 is 0 Å². The second-order valence-corrected chi connectivity index (χ2v) is 5.49. The van der Waals surface area contributed by atoms with Crippen LogP contribution in [-0.4, -0.2) is 44.8 Å². The lowest BCUT2D eigenvalue weighted by Crippen LogP contribution is -2.26. The minimum Gasteiger partial charge on any atom is -0.496 e. The molecule has 8 nitrogen and oxygen atoms in total. The highest BCUT2D eigenvalue weighted by Crippen LogP contribution is 2.29. The summed E-state index contributed by atoms with van der Waals surface area (Å²) in [6, 6.07) is 8.82. The van der Waals surface area contributed by atoms with Gasteiger partial charge in [0, 0.05) is 30.9 Å². The predicted octanol–water partition coefficient (Wildman–Crippen LogP) is 1.69. The maximum atomic E-state index is 12.4. The van der Waals surface area contributed by atoms with E-state index in [2.05, 4.69) is 25.8 Å². The average Bonchev–Trinajstić information content (AvgIpc) is 3.16. The summed E-state index contributed by atoms with van der Waals surface area (Å²) >= 11 is 6.26. The molecular formula is C16H15ClN6O2. The first kappa shape index (κ1) is 16.8. The average molecular weight is 359 g/mol. The largest absolute Gasteiger partial charge is 0.496 e. The number of carbonyl (C=O) groups is 1. The van der Waals surface area contributed by atoms with E-state index in [-0.39, 0.29) is 5.91 Å². The number of benzene rings is 1. The van der Waals surface area contributed by atoms with Crippen LogP contribution in [0.15, 0.2) is 42.9 Å². The van der Waals surface area contributed by atoms with Crippen LogP contribution in [0.25, 0.3) is 5.69 Å². The number of ether oxygens (including phenoxy) is 1. The highest BCUT2D eigenvalue weighted by atomic mass is 35.5. The first-order valence-electron chi connectivity index (χ1n) is 7.48. The van der Waals surface area contributed by atoms with Crippen LogP contribution < -0.4 is 10.1 Å². The van der Waals surface area contributed by atoms with E-state index >= 15 is 0 Å². The normalized spacial score (nSPS) is 10.5. The number of tetrazole rings is 1. The zero-order valence-corrected chi connectivity index (χ0v) is 14.1. The number of nitrogens with one attached hydrogen (secondary N) is 1. The summed E-state index contributed by atoms with van der Waals surface area (Å²) in [6.45, 7) is 0.450. The fourth-order valence-corrected chi connectivity index (χ4v) is 2.53. The highest BCUT2D eigenvalue weighted by Gasteiger charge is 2.17. The Morgan fingerprint density at radius 2 is 2.24 bits per heavy atom. The smallest absolute Gasteiger partial charge is 0.255 e. The molecule has 3 rings (SSSR count). The Labute approximate surface area is 148 Å². The van der Waals surface area contributed by atoms with E-state index in [4.69, 9.17) is 16.3 Å². The molecule has 0 radical (unpaired) electrons. The number of aromatic nitrogens is 5. The summed E-state index contributed by atoms with van der Waals surface area (Å²) in [5.41, 5.74) is 1.76. The van der Waals surface area contributed by atoms with E-state index in [1.165, 1.54) is 24.2 Å². The third kappa shape index (κ3) is 3.92. The third-order valence-electron chi connectivity index (χ3n) is 3.50. The zero-order valence-electron chi connectivity index (χ0n) is 13.4. The first-order valence-corrected chi connectivity index (χ1v) is 7.86. The lowest BCUT2D eigenvalue weighted by Gasteiger charge is -2.12. The van der Waals surface area contributed by atoms with Crippen molar-refractivity contribution in [3.05, 3.63) is 59.1 Å². The van der Waals surface area contributed by atoms with Gasteiger partial charge in [0.25, 0.3) is 5.91 Å². The molecule has 9 heteroatoms. The molecule has 1 aromatic carbocycles. The number of rotatable bonds is 6. The minimum absolute atomic E-state index is 0.280. The quantitative estimate of drug-likeness (QED) is 0.720. The van der Waals surface area contributed by atoms with Crippen molar-refractivity contribution >= 4 is 17.5 Å². The van der Waals surface area contributed by atoms with Gasteiger partial charge in [0.05, 0.1) is 23.4 Å². The minimum atomic E-state index is -0.280. The van der Waals surface area contributed by atoms with E-state index in [0.717, 1.165) is 5.69 Å². The van der Waals surface area contributed by atoms with Crippen LogP contribution in [-0.2, 0) is 6.42 Å². The van der Waals surface area contributed by atoms with Crippen LogP contribution in [0.3, 0.4) is 0 Å². The van der Waals surface area contributed by atoms with Gasteiger partial charge in [-0.25, -0.2) is 0 Å². The van der Waals surface area contributed by atoms with Crippen molar-refractivity contribution < 1.29 is 9.53 Å². The van der Waals surface area contributed by atoms with Gasteiger partial charge < -0.3 is 10.1 Å². The topological polar surface area (TPSA) is 94.8 Å². The number of hydrogen-bond acceptors (Lipinski definition) is 6. The monoisotopic (exact) mass is 358 g/mol. The molecule has 0 saturated carbocycles. The predicted molar refractivity (Wildman–Crippen MR) is 91.0 cm³/mol. The SMILES string of the molecule is COc1cc(-n2cnnn2)c(Cl)cc1C(=O)NCCc1ccccn1. The number of nitrogens with zero attached hydrogens (tertiary/aromatic N) is 5. The fourth-order valence-electron chi connectivity index (χ4n) is 2.28. The molecule has 1 N–H and O–H groups in total. The van der Waals surface area contributed by atoms with Crippen molar-refractivity contribution in [3.8, 4) is 11.4 Å². The van der Waals surface area contributed by atoms with Gasteiger partial charge >= 0.3 is 0 Å². The Morgan fingerprint density at radius 1 is 1.36 bits per heavy atom. The van der Waals surface area contributed by atoms with Crippen LogP contribution >= 0.6 is 11.6 Å². The molecule has 128 valence electrons. The summed E-state index contributed by atoms with van der Waals surface area (Å²) < 4.78 is 6.71. The number of carbonyl (C=O) groups excluding carboxylic acids is 1. The summed E-state index contributed by atoms with van der Waals surface area (Å²) in [5.74, 6) is 0.100. The number of methoxy groups -OCH3 is 1. The number of pyridine rings is 1. The Kier molecular flexibility index (Phi) is 5.20. The third-order valence-corrected chi connectivity index (χ3v) is 3.80. The molecule has 0 spiro atoms. The molecule has 2 heterocycles. The number of hydrogen-bond donors (Lipinski definition) is 1. The van der Waals surface area contributed by atoms with Crippen molar-refractivity contribution in [2.45, 2.75) is 6.42 Å². The lowest BCUT2D eigenvalue weighted by molar-refractivity contribution is 0.0951. The van der Waals surface area contributed by atoms with E-state index in [0.29, 0.717) is 35.0 Å². The van der Waals surface area contributed by atoms with Crippen LogP contribution in [0.1, 0.15) is 16.1 Å². The number of amides is 1. The first-order chi connectivity index (χ1) is 12.2. The number of halogens is 1. The summed E-state index contributed by atoms with van der Waals surface area (Å²) in [5, 5.41) is 14.1. The van der Waals surface area contributed by atoms with Gasteiger partial charge in [0.2, 0.25) is 0 Å². The van der Waals surface area contributed by atoms with Gasteiger partial charge in [-0.15, -0.1) is 5.10 Å². The molecule has 2 aromatic heterocycles. The van der Waals surface area contributed by atoms with E-state index in [1.807, 2.05) is 18.2 Å². The lowest BCUT2D eigenvalue weighted by atomic mass is 10.1. The highest BCUT2D eigenvalue weighted by molar-refractivity contribution is 6.33. The Hall–Kier alpha value is -3.00. The summed E-state index contributed by atoms with van der Waals surface area (Å²) in [7, 11) is 1.48. The molecule has 0 aliphatic rings. The zero-order chi connectivity index (χ0) is 17.6. The van der Waals surface area contributed by atoms with E-state index in [9.17, 15) is 4.79 Å². The Bertz CT molecular complexity index is 855. The van der Waals surface area contributed by atoms with Crippen molar-refractivity contribution in [2.75, 3.05) is 13.7 Å². The van der Waals surface area contributed by atoms with Gasteiger partial charge in [0.15, 0.2) is 0 Å². The molecule has 3 aromatic rings. The summed E-state index contributed by atoms with van der Waals surface area (Å²) in [4.78, 5) is 16.7. The van der Waals surface area contributed by atoms with Crippen molar-refractivity contribution in [2.24, 2.45) is 0 Å². The molecule has 1 amide bonds. The van der Waals surface area contributed by atoms with Gasteiger partial charge in [-0.3, -0.25) is 9.78 Å². The molecule has 0 aliphatic carbocycles. The van der Waals surface area contributed by atoms with Gasteiger partial charge in [-0.2, -0.15) is 4.68 Å². The van der Waals surface area contributed by atoms with Crippen LogP contribution in [0.2, 0.25) is 5.02 Å². The fraction of sp³-hybridized carbons (Fsp3) is 0.188. The van der Waals surface area contributed by atoms with Gasteiger partial charge in [0.1, 0.15) is 12.1 Å². The standard InChI is InChI=1S/C16H15ClN6O2/c1-25-15-9-14(23-10-20-21-22-23)13(17)8-12(15)16(24)19-7-5-11-4-2-3-6-18-11/h2-4,6,8-10H,5,7H2,1H3,(H,19,24). The van der Waals surface area contributed by atoms with Crippen LogP contribution in [0.4, 0.5) is 0 Å².